The molecule has 0 amide bonds. The Labute approximate surface area is 64.6 Å². The summed E-state index contributed by atoms with van der Waals surface area (Å²) < 4.78 is 0. The van der Waals surface area contributed by atoms with Crippen LogP contribution in [0.1, 0.15) is 0 Å². The van der Waals surface area contributed by atoms with Crippen LogP contribution in [0.15, 0.2) is 0 Å². The van der Waals surface area contributed by atoms with Crippen molar-refractivity contribution in [2.24, 2.45) is 5.84 Å². The van der Waals surface area contributed by atoms with Gasteiger partial charge in [-0.3, -0.25) is 10.6 Å². The van der Waals surface area contributed by atoms with Gasteiger partial charge in [-0.25, -0.2) is 5.43 Å². The van der Waals surface area contributed by atoms with Crippen LogP contribution in [0.2, 0.25) is 0 Å². The number of thiol groups is 1. The Morgan fingerprint density at radius 3 is 2.33 bits per heavy atom. The minimum atomic E-state index is -0.984. The highest BCUT2D eigenvalue weighted by Crippen LogP contribution is 1.83. The molecule has 0 saturated carbocycles. The first kappa shape index (κ1) is 11.8. The van der Waals surface area contributed by atoms with Crippen LogP contribution < -0.4 is 11.3 Å². The molecule has 4 nitrogen and oxygen atoms in total. The molecule has 0 saturated heterocycles. The van der Waals surface area contributed by atoms with Gasteiger partial charge >= 0.3 is 5.97 Å². The molecule has 0 fully saturated rings. The molecular weight excluding hydrogens is 164 g/mol. The monoisotopic (exact) mass is 172 g/mol. The first-order valence-electron chi connectivity index (χ1n) is 2.02. The fraction of sp³-hybridized carbons (Fsp3) is 0.667. The molecule has 9 heavy (non-hydrogen) atoms. The van der Waals surface area contributed by atoms with E-state index in [9.17, 15) is 4.79 Å². The van der Waals surface area contributed by atoms with Crippen molar-refractivity contribution in [1.82, 2.24) is 5.43 Å². The molecule has 0 radical (unpaired) electrons. The van der Waals surface area contributed by atoms with Crippen LogP contribution in [-0.4, -0.2) is 22.9 Å². The second-order valence-electron chi connectivity index (χ2n) is 1.24. The Kier molecular flexibility index (Phi) is 8.06. The number of hydrogen-bond donors (Lipinski definition) is 4. The van der Waals surface area contributed by atoms with E-state index in [2.05, 4.69) is 18.1 Å². The summed E-state index contributed by atoms with van der Waals surface area (Å²) in [6.07, 6.45) is 0. The molecule has 0 aliphatic heterocycles. The summed E-state index contributed by atoms with van der Waals surface area (Å²) in [6.45, 7) is 0. The molecule has 0 spiro atoms. The van der Waals surface area contributed by atoms with Crippen molar-refractivity contribution in [3.63, 3.8) is 0 Å². The third kappa shape index (κ3) is 4.53. The molecule has 0 aromatic carbocycles. The van der Waals surface area contributed by atoms with Gasteiger partial charge in [-0.05, 0) is 0 Å². The maximum Gasteiger partial charge on any atom is 0.322 e. The van der Waals surface area contributed by atoms with Crippen LogP contribution in [-0.2, 0) is 4.79 Å². The summed E-state index contributed by atoms with van der Waals surface area (Å²) in [4.78, 5) is 9.97. The topological polar surface area (TPSA) is 75.3 Å². The van der Waals surface area contributed by atoms with Gasteiger partial charge in [-0.15, -0.1) is 12.4 Å². The van der Waals surface area contributed by atoms with Crippen LogP contribution in [0, 0.1) is 0 Å². The zero-order valence-electron chi connectivity index (χ0n) is 4.57. The lowest BCUT2D eigenvalue weighted by Crippen LogP contribution is -2.42. The van der Waals surface area contributed by atoms with E-state index in [4.69, 9.17) is 10.9 Å². The Balaban J connectivity index is 0. The maximum atomic E-state index is 9.97. The molecule has 56 valence electrons. The van der Waals surface area contributed by atoms with Gasteiger partial charge in [0.25, 0.3) is 0 Å². The molecule has 0 aliphatic carbocycles. The number of carbonyl (C=O) groups is 1. The first-order valence-corrected chi connectivity index (χ1v) is 2.65. The molecule has 6 heteroatoms. The molecule has 0 aromatic heterocycles. The molecule has 0 heterocycles. The van der Waals surface area contributed by atoms with Gasteiger partial charge in [0.05, 0.1) is 0 Å². The Hall–Kier alpha value is 0.0300. The van der Waals surface area contributed by atoms with E-state index in [1.165, 1.54) is 0 Å². The number of hydrogen-bond acceptors (Lipinski definition) is 4. The van der Waals surface area contributed by atoms with Gasteiger partial charge < -0.3 is 5.11 Å². The van der Waals surface area contributed by atoms with E-state index in [1.54, 1.807) is 0 Å². The van der Waals surface area contributed by atoms with Crippen LogP contribution in [0.25, 0.3) is 0 Å². The second-order valence-corrected chi connectivity index (χ2v) is 1.61. The Morgan fingerprint density at radius 2 is 2.33 bits per heavy atom. The minimum Gasteiger partial charge on any atom is -0.480 e. The Morgan fingerprint density at radius 1 is 1.89 bits per heavy atom. The van der Waals surface area contributed by atoms with Crippen molar-refractivity contribution >= 4 is 31.0 Å². The quantitative estimate of drug-likeness (QED) is 0.257. The van der Waals surface area contributed by atoms with Crippen LogP contribution in [0.4, 0.5) is 0 Å². The predicted molar refractivity (Wildman–Crippen MR) is 39.8 cm³/mol. The number of nitrogens with two attached hydrogens (primary N) is 1. The summed E-state index contributed by atoms with van der Waals surface area (Å²) in [5, 5.41) is 8.18. The average molecular weight is 173 g/mol. The highest BCUT2D eigenvalue weighted by Gasteiger charge is 2.11. The molecule has 0 unspecified atom stereocenters. The lowest BCUT2D eigenvalue weighted by atomic mass is 10.4. The zero-order chi connectivity index (χ0) is 6.57. The van der Waals surface area contributed by atoms with Crippen molar-refractivity contribution in [3.05, 3.63) is 0 Å². The predicted octanol–water partition coefficient (Wildman–Crippen LogP) is -0.746. The molecule has 0 bridgehead atoms. The summed E-state index contributed by atoms with van der Waals surface area (Å²) in [6, 6.07) is -0.738. The fourth-order valence-electron chi connectivity index (χ4n) is 0.202. The van der Waals surface area contributed by atoms with Gasteiger partial charge in [0.1, 0.15) is 6.04 Å². The van der Waals surface area contributed by atoms with Crippen molar-refractivity contribution in [1.29, 1.82) is 0 Å². The van der Waals surface area contributed by atoms with Gasteiger partial charge in [0.2, 0.25) is 0 Å². The fourth-order valence-corrected chi connectivity index (χ4v) is 0.464. The molecule has 4 N–H and O–H groups in total. The van der Waals surface area contributed by atoms with E-state index in [1.807, 2.05) is 0 Å². The summed E-state index contributed by atoms with van der Waals surface area (Å²) >= 11 is 3.71. The second kappa shape index (κ2) is 6.15. The molecular formula is C3H9ClN2O2S. The number of nitrogens with one attached hydrogen (secondary N) is 1. The number of hydrazine groups is 1. The van der Waals surface area contributed by atoms with Crippen molar-refractivity contribution < 1.29 is 9.90 Å². The summed E-state index contributed by atoms with van der Waals surface area (Å²) in [5.41, 5.74) is 2.08. The van der Waals surface area contributed by atoms with Gasteiger partial charge in [-0.1, -0.05) is 0 Å². The number of rotatable bonds is 3. The molecule has 0 aromatic rings. The third-order valence-corrected chi connectivity index (χ3v) is 1.05. The van der Waals surface area contributed by atoms with Gasteiger partial charge in [0, 0.05) is 5.75 Å². The van der Waals surface area contributed by atoms with Crippen LogP contribution in [0.5, 0.6) is 0 Å². The van der Waals surface area contributed by atoms with Crippen LogP contribution in [0.3, 0.4) is 0 Å². The van der Waals surface area contributed by atoms with Gasteiger partial charge in [-0.2, -0.15) is 12.6 Å². The van der Waals surface area contributed by atoms with Crippen molar-refractivity contribution in [2.45, 2.75) is 6.04 Å². The van der Waals surface area contributed by atoms with E-state index in [0.717, 1.165) is 0 Å². The normalized spacial score (nSPS) is 11.8. The number of carboxylic acids is 1. The third-order valence-electron chi connectivity index (χ3n) is 0.682. The zero-order valence-corrected chi connectivity index (χ0v) is 6.28. The minimum absolute atomic E-state index is 0. The van der Waals surface area contributed by atoms with Crippen molar-refractivity contribution in [3.8, 4) is 0 Å². The number of halogens is 1. The number of aliphatic carboxylic acids is 1. The molecule has 0 rings (SSSR count). The van der Waals surface area contributed by atoms with E-state index < -0.39 is 12.0 Å². The van der Waals surface area contributed by atoms with Crippen molar-refractivity contribution in [2.75, 3.05) is 5.75 Å². The largest absolute Gasteiger partial charge is 0.480 e. The lowest BCUT2D eigenvalue weighted by molar-refractivity contribution is -0.138. The lowest BCUT2D eigenvalue weighted by Gasteiger charge is -2.04. The van der Waals surface area contributed by atoms with E-state index in [-0.39, 0.29) is 18.2 Å². The Bertz CT molecular complexity index is 87.9. The highest BCUT2D eigenvalue weighted by atomic mass is 35.5. The summed E-state index contributed by atoms with van der Waals surface area (Å²) in [5.74, 6) is 4.02. The van der Waals surface area contributed by atoms with Gasteiger partial charge in [0.15, 0.2) is 0 Å². The summed E-state index contributed by atoms with van der Waals surface area (Å²) in [7, 11) is 0. The maximum absolute atomic E-state index is 9.97. The average Bonchev–Trinajstić information content (AvgIpc) is 1.69. The standard InChI is InChI=1S/C3H8N2O2S.ClH/c4-5-2(1-8)3(6)7;/h2,5,8H,1,4H2,(H,6,7);1H/t2-;/m0./s1. The van der Waals surface area contributed by atoms with E-state index in [0.29, 0.717) is 0 Å². The molecule has 1 atom stereocenters. The molecule has 0 aliphatic rings. The SMILES string of the molecule is Cl.NN[C@@H](CS)C(=O)O. The number of carboxylic acid groups (broad SMARTS) is 1. The van der Waals surface area contributed by atoms with Crippen LogP contribution >= 0.6 is 25.0 Å². The smallest absolute Gasteiger partial charge is 0.322 e. The highest BCUT2D eigenvalue weighted by molar-refractivity contribution is 7.80. The van der Waals surface area contributed by atoms with E-state index >= 15 is 0 Å². The first-order chi connectivity index (χ1) is 3.72.